The quantitative estimate of drug-likeness (QED) is 0.113. The summed E-state index contributed by atoms with van der Waals surface area (Å²) in [5, 5.41) is 3.55. The van der Waals surface area contributed by atoms with E-state index in [2.05, 4.69) is 132 Å². The molecule has 1 fully saturated rings. The molecule has 0 spiro atoms. The van der Waals surface area contributed by atoms with E-state index >= 15 is 0 Å². The summed E-state index contributed by atoms with van der Waals surface area (Å²) in [5.74, 6) is 1.39. The second-order valence-electron chi connectivity index (χ2n) is 18.3. The van der Waals surface area contributed by atoms with Gasteiger partial charge in [-0.2, -0.15) is 0 Å². The number of pyridine rings is 3. The second-order valence-corrected chi connectivity index (χ2v) is 23.4. The van der Waals surface area contributed by atoms with Crippen LogP contribution < -0.4 is 5.19 Å². The maximum absolute atomic E-state index is 6.26. The first-order valence-corrected chi connectivity index (χ1v) is 24.1. The predicted octanol–water partition coefficient (Wildman–Crippen LogP) is 13.4. The SMILES string of the molecule is CC(C)(C)Cc1ccnc(-c2[c-]ccc3c2oc2nc(-c4ccccc4)ccc23)c1.CC(C)Cc1cc(-c2[c-]ccc(C3CCCCC3)c2)ncc1[Si](C)(C)C.[Ir]. The van der Waals surface area contributed by atoms with E-state index < -0.39 is 8.07 Å². The minimum absolute atomic E-state index is 0. The first-order valence-electron chi connectivity index (χ1n) is 20.6. The minimum Gasteiger partial charge on any atom is -0.486 e. The van der Waals surface area contributed by atoms with Crippen LogP contribution in [-0.4, -0.2) is 23.0 Å². The molecule has 0 aliphatic heterocycles. The molecular formula is C51H57IrN3OSi-2. The van der Waals surface area contributed by atoms with E-state index in [1.807, 2.05) is 42.6 Å². The number of fused-ring (bicyclic) bond motifs is 3. The molecule has 4 aromatic heterocycles. The van der Waals surface area contributed by atoms with Crippen LogP contribution in [0.3, 0.4) is 0 Å². The zero-order valence-electron chi connectivity index (χ0n) is 35.0. The van der Waals surface area contributed by atoms with Crippen molar-refractivity contribution in [3.8, 4) is 33.8 Å². The van der Waals surface area contributed by atoms with Gasteiger partial charge in [0.15, 0.2) is 0 Å². The average molecular weight is 948 g/mol. The van der Waals surface area contributed by atoms with Crippen LogP contribution in [0.25, 0.3) is 55.8 Å². The second kappa shape index (κ2) is 18.1. The third kappa shape index (κ3) is 10.5. The Kier molecular flexibility index (Phi) is 13.5. The fourth-order valence-electron chi connectivity index (χ4n) is 8.17. The monoisotopic (exact) mass is 948 g/mol. The van der Waals surface area contributed by atoms with Gasteiger partial charge in [-0.1, -0.05) is 138 Å². The Morgan fingerprint density at radius 3 is 2.26 bits per heavy atom. The van der Waals surface area contributed by atoms with E-state index in [0.29, 0.717) is 11.6 Å². The van der Waals surface area contributed by atoms with E-state index in [9.17, 15) is 0 Å². The van der Waals surface area contributed by atoms with Crippen molar-refractivity contribution in [1.29, 1.82) is 0 Å². The Hall–Kier alpha value is -4.22. The van der Waals surface area contributed by atoms with Gasteiger partial charge in [-0.05, 0) is 77.7 Å². The predicted molar refractivity (Wildman–Crippen MR) is 238 cm³/mol. The number of furan rings is 1. The maximum Gasteiger partial charge on any atom is 0.216 e. The van der Waals surface area contributed by atoms with Crippen molar-refractivity contribution >= 4 is 35.3 Å². The molecule has 1 aliphatic carbocycles. The maximum atomic E-state index is 6.26. The Balaban J connectivity index is 0.000000192. The molecule has 0 atom stereocenters. The van der Waals surface area contributed by atoms with Crippen LogP contribution in [0.5, 0.6) is 0 Å². The van der Waals surface area contributed by atoms with Crippen molar-refractivity contribution in [3.63, 3.8) is 0 Å². The molecule has 1 radical (unpaired) electrons. The van der Waals surface area contributed by atoms with Crippen LogP contribution in [0, 0.1) is 23.5 Å². The molecule has 7 aromatic rings. The molecular weight excluding hydrogens is 891 g/mol. The zero-order chi connectivity index (χ0) is 39.5. The van der Waals surface area contributed by atoms with Gasteiger partial charge < -0.3 is 14.4 Å². The van der Waals surface area contributed by atoms with Gasteiger partial charge in [0.25, 0.3) is 0 Å². The summed E-state index contributed by atoms with van der Waals surface area (Å²) in [6.07, 6.45) is 13.0. The summed E-state index contributed by atoms with van der Waals surface area (Å²) in [7, 11) is -1.38. The minimum atomic E-state index is -1.38. The fraction of sp³-hybridized carbons (Fsp3) is 0.353. The van der Waals surface area contributed by atoms with Crippen LogP contribution in [0.4, 0.5) is 0 Å². The Bertz CT molecular complexity index is 2420. The van der Waals surface area contributed by atoms with Gasteiger partial charge in [0.1, 0.15) is 0 Å². The van der Waals surface area contributed by atoms with E-state index in [-0.39, 0.29) is 25.5 Å². The van der Waals surface area contributed by atoms with Crippen LogP contribution in [0.2, 0.25) is 19.6 Å². The van der Waals surface area contributed by atoms with Gasteiger partial charge in [-0.3, -0.25) is 0 Å². The molecule has 3 aromatic carbocycles. The molecule has 0 unspecified atom stereocenters. The molecule has 4 heterocycles. The third-order valence-electron chi connectivity index (χ3n) is 10.8. The summed E-state index contributed by atoms with van der Waals surface area (Å²) in [4.78, 5) is 14.3. The van der Waals surface area contributed by atoms with Crippen LogP contribution >= 0.6 is 0 Å². The first kappa shape index (κ1) is 42.4. The van der Waals surface area contributed by atoms with Gasteiger partial charge in [-0.15, -0.1) is 53.6 Å². The Morgan fingerprint density at radius 1 is 0.789 bits per heavy atom. The van der Waals surface area contributed by atoms with Gasteiger partial charge in [-0.25, -0.2) is 4.98 Å². The molecule has 6 heteroatoms. The molecule has 0 bridgehead atoms. The van der Waals surface area contributed by atoms with E-state index in [4.69, 9.17) is 14.4 Å². The molecule has 8 rings (SSSR count). The molecule has 4 nitrogen and oxygen atoms in total. The smallest absolute Gasteiger partial charge is 0.216 e. The number of hydrogen-bond acceptors (Lipinski definition) is 4. The zero-order valence-corrected chi connectivity index (χ0v) is 38.4. The molecule has 0 saturated heterocycles. The van der Waals surface area contributed by atoms with Crippen molar-refractivity contribution in [2.75, 3.05) is 0 Å². The van der Waals surface area contributed by atoms with Gasteiger partial charge in [0.2, 0.25) is 5.71 Å². The van der Waals surface area contributed by atoms with Crippen LogP contribution in [0.15, 0.2) is 108 Å². The van der Waals surface area contributed by atoms with Crippen molar-refractivity contribution in [3.05, 3.63) is 132 Å². The normalized spacial score (nSPS) is 13.7. The van der Waals surface area contributed by atoms with Gasteiger partial charge in [0, 0.05) is 43.4 Å². The van der Waals surface area contributed by atoms with Crippen LogP contribution in [0.1, 0.15) is 89.3 Å². The van der Waals surface area contributed by atoms with Crippen molar-refractivity contribution in [2.24, 2.45) is 11.3 Å². The molecule has 57 heavy (non-hydrogen) atoms. The van der Waals surface area contributed by atoms with E-state index in [1.165, 1.54) is 59.5 Å². The molecule has 0 N–H and O–H groups in total. The Labute approximate surface area is 355 Å². The van der Waals surface area contributed by atoms with E-state index in [1.54, 1.807) is 0 Å². The number of nitrogens with zero attached hydrogens (tertiary/aromatic N) is 3. The third-order valence-corrected chi connectivity index (χ3v) is 12.9. The van der Waals surface area contributed by atoms with Gasteiger partial charge in [0.05, 0.1) is 19.4 Å². The molecule has 1 saturated carbocycles. The number of hydrogen-bond donors (Lipinski definition) is 0. The number of aromatic nitrogens is 3. The van der Waals surface area contributed by atoms with Crippen molar-refractivity contribution in [2.45, 2.75) is 105 Å². The largest absolute Gasteiger partial charge is 0.486 e. The van der Waals surface area contributed by atoms with Crippen molar-refractivity contribution in [1.82, 2.24) is 15.0 Å². The average Bonchev–Trinajstić information content (AvgIpc) is 3.56. The summed E-state index contributed by atoms with van der Waals surface area (Å²) >= 11 is 0. The standard InChI is InChI=1S/C27H23N2O.C24H34NSi.Ir/c1-27(2,3)17-18-14-15-28-24(16-18)22-11-7-10-20-21-12-13-23(19-8-5-4-6-9-19)29-26(21)30-25(20)22;1-18(2)14-22-16-23(25-17-24(22)26(3,4)5)21-13-9-12-20(15-21)19-10-7-6-8-11-19;/h4-10,12-16H,17H2,1-3H3;9,12,15-19H,6-8,10-11,14H2,1-5H3;/q2*-1;. The first-order chi connectivity index (χ1) is 26.8. The Morgan fingerprint density at radius 2 is 1.54 bits per heavy atom. The summed E-state index contributed by atoms with van der Waals surface area (Å²) in [5.41, 5.74) is 11.9. The van der Waals surface area contributed by atoms with E-state index in [0.717, 1.165) is 63.3 Å². The summed E-state index contributed by atoms with van der Waals surface area (Å²) in [6.45, 7) is 18.6. The number of rotatable bonds is 8. The topological polar surface area (TPSA) is 51.8 Å². The summed E-state index contributed by atoms with van der Waals surface area (Å²) < 4.78 is 6.26. The summed E-state index contributed by atoms with van der Waals surface area (Å²) in [6, 6.07) is 38.4. The molecule has 297 valence electrons. The van der Waals surface area contributed by atoms with Crippen molar-refractivity contribution < 1.29 is 24.5 Å². The fourth-order valence-corrected chi connectivity index (χ4v) is 9.76. The van der Waals surface area contributed by atoms with Gasteiger partial charge >= 0.3 is 0 Å². The van der Waals surface area contributed by atoms with Crippen LogP contribution in [-0.2, 0) is 32.9 Å². The molecule has 0 amide bonds. The number of benzene rings is 3. The molecule has 1 aliphatic rings.